The molecule has 4 heteroatoms. The topological polar surface area (TPSA) is 46.6 Å². The van der Waals surface area contributed by atoms with Crippen LogP contribution < -0.4 is 4.90 Å². The van der Waals surface area contributed by atoms with Crippen molar-refractivity contribution in [3.8, 4) is 0 Å². The van der Waals surface area contributed by atoms with Gasteiger partial charge in [0.2, 0.25) is 0 Å². The van der Waals surface area contributed by atoms with Gasteiger partial charge in [-0.05, 0) is 29.8 Å². The average Bonchev–Trinajstić information content (AvgIpc) is 2.85. The van der Waals surface area contributed by atoms with Crippen LogP contribution in [0.2, 0.25) is 0 Å². The second-order valence-electron chi connectivity index (χ2n) is 4.55. The number of nitrogens with zero attached hydrogens (tertiary/aromatic N) is 1. The van der Waals surface area contributed by atoms with Gasteiger partial charge in [0.1, 0.15) is 0 Å². The van der Waals surface area contributed by atoms with Crippen LogP contribution in [-0.2, 0) is 11.3 Å². The maximum absolute atomic E-state index is 12.4. The maximum Gasteiger partial charge on any atom is 0.338 e. The van der Waals surface area contributed by atoms with E-state index in [4.69, 9.17) is 4.74 Å². The largest absolute Gasteiger partial charge is 0.465 e. The molecule has 0 N–H and O–H groups in total. The second-order valence-corrected chi connectivity index (χ2v) is 4.55. The van der Waals surface area contributed by atoms with Gasteiger partial charge in [0.25, 0.3) is 5.91 Å². The molecule has 0 saturated carbocycles. The highest BCUT2D eigenvalue weighted by Crippen LogP contribution is 2.30. The molecule has 1 heterocycles. The van der Waals surface area contributed by atoms with Gasteiger partial charge in [-0.15, -0.1) is 0 Å². The smallest absolute Gasteiger partial charge is 0.338 e. The second kappa shape index (κ2) is 4.81. The predicted octanol–water partition coefficient (Wildman–Crippen LogP) is 2.63. The average molecular weight is 267 g/mol. The number of benzene rings is 2. The highest BCUT2D eigenvalue weighted by Gasteiger charge is 2.31. The summed E-state index contributed by atoms with van der Waals surface area (Å²) in [4.78, 5) is 25.9. The Balaban J connectivity index is 2.04. The Morgan fingerprint density at radius 2 is 1.85 bits per heavy atom. The Hall–Kier alpha value is -2.62. The molecule has 1 amide bonds. The predicted molar refractivity (Wildman–Crippen MR) is 74.7 cm³/mol. The highest BCUT2D eigenvalue weighted by molar-refractivity contribution is 6.12. The lowest BCUT2D eigenvalue weighted by atomic mass is 10.0. The normalized spacial score (nSPS) is 13.2. The molecule has 0 radical (unpaired) electrons. The van der Waals surface area contributed by atoms with E-state index in [2.05, 4.69) is 0 Å². The van der Waals surface area contributed by atoms with E-state index in [1.54, 1.807) is 23.1 Å². The summed E-state index contributed by atoms with van der Waals surface area (Å²) in [6, 6.07) is 14.6. The molecule has 1 aliphatic heterocycles. The van der Waals surface area contributed by atoms with Crippen LogP contribution in [0.4, 0.5) is 5.69 Å². The van der Waals surface area contributed by atoms with Crippen LogP contribution in [0.25, 0.3) is 0 Å². The lowest BCUT2D eigenvalue weighted by molar-refractivity contribution is 0.0599. The van der Waals surface area contributed by atoms with Crippen LogP contribution in [0, 0.1) is 0 Å². The Morgan fingerprint density at radius 1 is 1.10 bits per heavy atom. The van der Waals surface area contributed by atoms with Crippen LogP contribution in [0.1, 0.15) is 26.3 Å². The summed E-state index contributed by atoms with van der Waals surface area (Å²) in [5, 5.41) is 0. The van der Waals surface area contributed by atoms with Gasteiger partial charge in [0, 0.05) is 11.3 Å². The number of hydrogen-bond donors (Lipinski definition) is 0. The SMILES string of the molecule is COC(=O)c1cccc2c1CN(c1ccccc1)C2=O. The van der Waals surface area contributed by atoms with Gasteiger partial charge < -0.3 is 9.64 Å². The monoisotopic (exact) mass is 267 g/mol. The summed E-state index contributed by atoms with van der Waals surface area (Å²) in [6.45, 7) is 0.392. The van der Waals surface area contributed by atoms with E-state index in [0.717, 1.165) is 11.3 Å². The minimum absolute atomic E-state index is 0.0862. The number of anilines is 1. The van der Waals surface area contributed by atoms with Crippen LogP contribution in [0.3, 0.4) is 0 Å². The summed E-state index contributed by atoms with van der Waals surface area (Å²) >= 11 is 0. The third-order valence-electron chi connectivity index (χ3n) is 3.44. The van der Waals surface area contributed by atoms with Gasteiger partial charge in [0.05, 0.1) is 19.2 Å². The number of hydrogen-bond acceptors (Lipinski definition) is 3. The molecule has 0 atom stereocenters. The minimum Gasteiger partial charge on any atom is -0.465 e. The van der Waals surface area contributed by atoms with E-state index < -0.39 is 5.97 Å². The van der Waals surface area contributed by atoms with E-state index in [9.17, 15) is 9.59 Å². The molecule has 0 bridgehead atoms. The first kappa shape index (κ1) is 12.4. The standard InChI is InChI=1S/C16H13NO3/c1-20-16(19)13-9-5-8-12-14(13)10-17(15(12)18)11-6-3-2-4-7-11/h2-9H,10H2,1H3. The number of amides is 1. The molecule has 20 heavy (non-hydrogen) atoms. The number of methoxy groups -OCH3 is 1. The molecule has 0 saturated heterocycles. The Bertz CT molecular complexity index is 679. The summed E-state index contributed by atoms with van der Waals surface area (Å²) in [6.07, 6.45) is 0. The molecule has 0 aromatic heterocycles. The third-order valence-corrected chi connectivity index (χ3v) is 3.44. The zero-order valence-electron chi connectivity index (χ0n) is 11.0. The molecule has 0 spiro atoms. The fourth-order valence-electron chi connectivity index (χ4n) is 2.45. The summed E-state index contributed by atoms with van der Waals surface area (Å²) in [7, 11) is 1.34. The first-order valence-electron chi connectivity index (χ1n) is 6.29. The van der Waals surface area contributed by atoms with E-state index >= 15 is 0 Å². The van der Waals surface area contributed by atoms with Gasteiger partial charge in [0.15, 0.2) is 0 Å². The lowest BCUT2D eigenvalue weighted by Gasteiger charge is -2.15. The van der Waals surface area contributed by atoms with Gasteiger partial charge in [-0.3, -0.25) is 4.79 Å². The number of esters is 1. The Labute approximate surface area is 116 Å². The molecule has 3 rings (SSSR count). The molecular weight excluding hydrogens is 254 g/mol. The van der Waals surface area contributed by atoms with Crippen molar-refractivity contribution >= 4 is 17.6 Å². The lowest BCUT2D eigenvalue weighted by Crippen LogP contribution is -2.22. The Morgan fingerprint density at radius 3 is 2.55 bits per heavy atom. The summed E-state index contributed by atoms with van der Waals surface area (Å²) in [5.41, 5.74) is 2.58. The van der Waals surface area contributed by atoms with Gasteiger partial charge in [-0.1, -0.05) is 24.3 Å². The fraction of sp³-hybridized carbons (Fsp3) is 0.125. The minimum atomic E-state index is -0.412. The van der Waals surface area contributed by atoms with Gasteiger partial charge in [-0.25, -0.2) is 4.79 Å². The molecule has 0 fully saturated rings. The molecule has 2 aromatic carbocycles. The molecule has 0 aliphatic carbocycles. The van der Waals surface area contributed by atoms with Crippen molar-refractivity contribution in [3.63, 3.8) is 0 Å². The molecule has 2 aromatic rings. The molecule has 0 unspecified atom stereocenters. The zero-order chi connectivity index (χ0) is 14.1. The van der Waals surface area contributed by atoms with Crippen molar-refractivity contribution in [2.24, 2.45) is 0 Å². The van der Waals surface area contributed by atoms with Crippen LogP contribution in [-0.4, -0.2) is 19.0 Å². The Kier molecular flexibility index (Phi) is 2.99. The van der Waals surface area contributed by atoms with Crippen molar-refractivity contribution in [2.45, 2.75) is 6.54 Å². The fourth-order valence-corrected chi connectivity index (χ4v) is 2.45. The van der Waals surface area contributed by atoms with Crippen molar-refractivity contribution in [2.75, 3.05) is 12.0 Å². The molecule has 1 aliphatic rings. The van der Waals surface area contributed by atoms with E-state index in [1.165, 1.54) is 7.11 Å². The van der Waals surface area contributed by atoms with Crippen LogP contribution >= 0.6 is 0 Å². The number of carbonyl (C=O) groups excluding carboxylic acids is 2. The van der Waals surface area contributed by atoms with Gasteiger partial charge >= 0.3 is 5.97 Å². The maximum atomic E-state index is 12.4. The number of rotatable bonds is 2. The van der Waals surface area contributed by atoms with E-state index in [1.807, 2.05) is 30.3 Å². The number of ether oxygens (including phenoxy) is 1. The van der Waals surface area contributed by atoms with Crippen LogP contribution in [0.15, 0.2) is 48.5 Å². The summed E-state index contributed by atoms with van der Waals surface area (Å²) in [5.74, 6) is -0.499. The number of para-hydroxylation sites is 1. The van der Waals surface area contributed by atoms with E-state index in [-0.39, 0.29) is 5.91 Å². The number of fused-ring (bicyclic) bond motifs is 1. The zero-order valence-corrected chi connectivity index (χ0v) is 11.0. The van der Waals surface area contributed by atoms with Crippen molar-refractivity contribution < 1.29 is 14.3 Å². The molecular formula is C16H13NO3. The van der Waals surface area contributed by atoms with Gasteiger partial charge in [-0.2, -0.15) is 0 Å². The van der Waals surface area contributed by atoms with Crippen molar-refractivity contribution in [1.29, 1.82) is 0 Å². The van der Waals surface area contributed by atoms with Crippen molar-refractivity contribution in [1.82, 2.24) is 0 Å². The van der Waals surface area contributed by atoms with Crippen molar-refractivity contribution in [3.05, 3.63) is 65.2 Å². The third kappa shape index (κ3) is 1.86. The highest BCUT2D eigenvalue weighted by atomic mass is 16.5. The first-order valence-corrected chi connectivity index (χ1v) is 6.29. The molecule has 100 valence electrons. The first-order chi connectivity index (χ1) is 9.72. The quantitative estimate of drug-likeness (QED) is 0.786. The number of carbonyl (C=O) groups is 2. The van der Waals surface area contributed by atoms with E-state index in [0.29, 0.717) is 17.7 Å². The van der Waals surface area contributed by atoms with Crippen LogP contribution in [0.5, 0.6) is 0 Å². The summed E-state index contributed by atoms with van der Waals surface area (Å²) < 4.78 is 4.77. The molecule has 4 nitrogen and oxygen atoms in total.